The van der Waals surface area contributed by atoms with Gasteiger partial charge < -0.3 is 4.74 Å². The summed E-state index contributed by atoms with van der Waals surface area (Å²) in [6.45, 7) is 4.56. The number of alkyl halides is 2. The van der Waals surface area contributed by atoms with Gasteiger partial charge in [-0.1, -0.05) is 38.0 Å². The second-order valence-electron chi connectivity index (χ2n) is 7.57. The number of halogens is 9. The van der Waals surface area contributed by atoms with Crippen LogP contribution in [0.5, 0.6) is 5.75 Å². The van der Waals surface area contributed by atoms with E-state index in [9.17, 15) is 37.0 Å². The predicted molar refractivity (Wildman–Crippen MR) is 107 cm³/mol. The van der Waals surface area contributed by atoms with E-state index in [0.717, 1.165) is 6.07 Å². The first-order chi connectivity index (χ1) is 14.8. The fraction of sp³-hybridized carbons (Fsp3) is 0.182. The van der Waals surface area contributed by atoms with E-state index in [4.69, 9.17) is 0 Å². The van der Waals surface area contributed by atoms with Crippen LogP contribution in [0.4, 0.5) is 37.0 Å². The van der Waals surface area contributed by atoms with Crippen molar-refractivity contribution in [3.63, 3.8) is 0 Å². The number of hydrogen-bond acceptors (Lipinski definition) is 1. The maximum atomic E-state index is 14.7. The van der Waals surface area contributed by atoms with E-state index in [1.165, 1.54) is 19.1 Å². The fourth-order valence-corrected chi connectivity index (χ4v) is 4.16. The Morgan fingerprint density at radius 1 is 0.824 bits per heavy atom. The maximum absolute atomic E-state index is 14.7. The molecule has 0 amide bonds. The minimum absolute atomic E-state index is 0. The summed E-state index contributed by atoms with van der Waals surface area (Å²) in [6.07, 6.45) is -4.22. The van der Waals surface area contributed by atoms with Gasteiger partial charge in [-0.25, -0.2) is 8.78 Å². The molecule has 183 valence electrons. The number of ether oxygens (including phenoxy) is 1. The number of hydrogen-bond donors (Lipinski definition) is 0. The summed E-state index contributed by atoms with van der Waals surface area (Å²) >= 11 is 0. The minimum Gasteiger partial charge on any atom is -0.430 e. The normalized spacial score (nSPS) is 14.1. The van der Waals surface area contributed by atoms with Crippen molar-refractivity contribution in [1.29, 1.82) is 0 Å². The molecule has 1 radical (unpaired) electrons. The Morgan fingerprint density at radius 2 is 1.44 bits per heavy atom. The predicted octanol–water partition coefficient (Wildman–Crippen LogP) is 9.14. The minimum atomic E-state index is -10.4. The zero-order chi connectivity index (χ0) is 25.0. The van der Waals surface area contributed by atoms with Gasteiger partial charge in [-0.3, -0.25) is 0 Å². The molecule has 0 aliphatic carbocycles. The third kappa shape index (κ3) is 6.13. The van der Waals surface area contributed by atoms with Crippen LogP contribution in [0.3, 0.4) is 0 Å². The molecule has 0 aliphatic heterocycles. The zero-order valence-corrected chi connectivity index (χ0v) is 22.3. The molecule has 0 fully saturated rings. The molecule has 34 heavy (non-hydrogen) atoms. The Kier molecular flexibility index (Phi) is 7.15. The number of benzene rings is 3. The van der Waals surface area contributed by atoms with Gasteiger partial charge in [0.25, 0.3) is 0 Å². The van der Waals surface area contributed by atoms with Crippen molar-refractivity contribution in [3.8, 4) is 16.9 Å². The van der Waals surface area contributed by atoms with Crippen LogP contribution < -0.4 is 4.74 Å². The first-order valence-electron chi connectivity index (χ1n) is 9.19. The van der Waals surface area contributed by atoms with E-state index in [1.807, 2.05) is 0 Å². The largest absolute Gasteiger partial charge is 0.430 e. The summed E-state index contributed by atoms with van der Waals surface area (Å²) in [5.41, 5.74) is 0.664. The molecular weight excluding hydrogens is 622 g/mol. The molecule has 3 aromatic rings. The van der Waals surface area contributed by atoms with Gasteiger partial charge in [0.05, 0.1) is 0 Å². The quantitative estimate of drug-likeness (QED) is 0.200. The van der Waals surface area contributed by atoms with Crippen LogP contribution in [0.2, 0.25) is 0 Å². The molecule has 0 aromatic heterocycles. The van der Waals surface area contributed by atoms with Crippen molar-refractivity contribution < 1.29 is 77.3 Å². The SMILES string of the molecule is Cc1cc(C)c(-c2c[c-]c(C(F)(F)Oc3ccc(S(F)(F)(F)(F)F)c(F)c3)c(C)c2)c(F)c1.[La]. The van der Waals surface area contributed by atoms with E-state index in [2.05, 4.69) is 10.8 Å². The molecule has 1 nitrogen and oxygen atoms in total. The van der Waals surface area contributed by atoms with Gasteiger partial charge >= 0.3 is 16.3 Å². The summed E-state index contributed by atoms with van der Waals surface area (Å²) in [7, 11) is -10.4. The Labute approximate surface area is 217 Å². The van der Waals surface area contributed by atoms with Crippen molar-refractivity contribution >= 4 is 10.2 Å². The molecule has 0 atom stereocenters. The summed E-state index contributed by atoms with van der Waals surface area (Å²) in [5, 5.41) is 0. The van der Waals surface area contributed by atoms with Crippen molar-refractivity contribution in [1.82, 2.24) is 0 Å². The standard InChI is InChI=1S/C22H16F9OS.La/c1-12-8-14(3)21(19(24)9-12)15-4-6-17(13(2)10-15)22(25,26)32-16-5-7-20(18(23)11-16)33(27,28,29,30)31;/h4-5,7-11H,1-3H3;/q-1;. The molecular formula is C22H16F9LaOS-. The zero-order valence-electron chi connectivity index (χ0n) is 17.8. The molecule has 0 bridgehead atoms. The van der Waals surface area contributed by atoms with Gasteiger partial charge in [0.2, 0.25) is 0 Å². The summed E-state index contributed by atoms with van der Waals surface area (Å²) in [4.78, 5) is -2.84. The Balaban J connectivity index is 0.00000408. The van der Waals surface area contributed by atoms with Crippen LogP contribution in [0, 0.1) is 74.1 Å². The van der Waals surface area contributed by atoms with Crippen LogP contribution in [-0.2, 0) is 6.11 Å². The van der Waals surface area contributed by atoms with Gasteiger partial charge in [0, 0.05) is 41.7 Å². The molecule has 0 spiro atoms. The van der Waals surface area contributed by atoms with Gasteiger partial charge in [-0.05, 0) is 48.7 Å². The molecule has 0 aliphatic rings. The smallest absolute Gasteiger partial charge is 0.403 e. The van der Waals surface area contributed by atoms with Crippen molar-refractivity contribution in [3.05, 3.63) is 82.4 Å². The molecule has 0 saturated heterocycles. The molecule has 3 aromatic carbocycles. The molecule has 0 saturated carbocycles. The molecule has 0 unspecified atom stereocenters. The second kappa shape index (κ2) is 8.49. The van der Waals surface area contributed by atoms with Gasteiger partial charge in [-0.2, -0.15) is 27.0 Å². The first kappa shape index (κ1) is 28.6. The fourth-order valence-electron chi connectivity index (χ4n) is 3.41. The van der Waals surface area contributed by atoms with Gasteiger partial charge in [-0.15, -0.1) is 11.1 Å². The third-order valence-corrected chi connectivity index (χ3v) is 5.88. The van der Waals surface area contributed by atoms with Crippen LogP contribution in [0.15, 0.2) is 47.4 Å². The molecule has 12 heteroatoms. The second-order valence-corrected chi connectivity index (χ2v) is 9.94. The van der Waals surface area contributed by atoms with Crippen LogP contribution in [0.25, 0.3) is 11.1 Å². The van der Waals surface area contributed by atoms with E-state index >= 15 is 0 Å². The average molecular weight is 638 g/mol. The number of rotatable bonds is 5. The van der Waals surface area contributed by atoms with Crippen molar-refractivity contribution in [2.75, 3.05) is 0 Å². The van der Waals surface area contributed by atoms with Crippen LogP contribution in [-0.4, -0.2) is 0 Å². The van der Waals surface area contributed by atoms with Gasteiger partial charge in [0.15, 0.2) is 0 Å². The summed E-state index contributed by atoms with van der Waals surface area (Å²) < 4.78 is 126. The van der Waals surface area contributed by atoms with Crippen LogP contribution >= 0.6 is 10.2 Å². The Morgan fingerprint density at radius 3 is 1.94 bits per heavy atom. The topological polar surface area (TPSA) is 9.23 Å². The van der Waals surface area contributed by atoms with Crippen molar-refractivity contribution in [2.45, 2.75) is 31.8 Å². The van der Waals surface area contributed by atoms with Crippen LogP contribution in [0.1, 0.15) is 22.3 Å². The van der Waals surface area contributed by atoms with Gasteiger partial charge in [0.1, 0.15) is 22.3 Å². The van der Waals surface area contributed by atoms with E-state index in [-0.39, 0.29) is 70.5 Å². The summed E-state index contributed by atoms with van der Waals surface area (Å²) in [6, 6.07) is 7.17. The monoisotopic (exact) mass is 638 g/mol. The molecule has 0 N–H and O–H groups in total. The summed E-state index contributed by atoms with van der Waals surface area (Å²) in [5.74, 6) is -4.14. The average Bonchev–Trinajstić information content (AvgIpc) is 2.57. The maximum Gasteiger partial charge on any atom is 0.403 e. The van der Waals surface area contributed by atoms with E-state index < -0.39 is 44.2 Å². The molecule has 3 rings (SSSR count). The van der Waals surface area contributed by atoms with E-state index in [1.54, 1.807) is 19.9 Å². The number of aryl methyl sites for hydroxylation is 3. The Bertz CT molecular complexity index is 1240. The first-order valence-corrected chi connectivity index (χ1v) is 11.1. The van der Waals surface area contributed by atoms with Crippen molar-refractivity contribution in [2.24, 2.45) is 0 Å². The van der Waals surface area contributed by atoms with E-state index in [0.29, 0.717) is 11.1 Å². The Hall–Kier alpha value is -1.63. The third-order valence-electron chi connectivity index (χ3n) is 4.71. The molecule has 0 heterocycles.